The van der Waals surface area contributed by atoms with E-state index >= 15 is 0 Å². The van der Waals surface area contributed by atoms with Gasteiger partial charge in [0, 0.05) is 6.04 Å². The minimum atomic E-state index is -0.825. The quantitative estimate of drug-likeness (QED) is 0.841. The van der Waals surface area contributed by atoms with Gasteiger partial charge in [-0.2, -0.15) is 0 Å². The van der Waals surface area contributed by atoms with Crippen LogP contribution in [0.5, 0.6) is 5.75 Å². The predicted octanol–water partition coefficient (Wildman–Crippen LogP) is 3.22. The molecule has 0 aliphatic carbocycles. The molecule has 0 aliphatic rings. The van der Waals surface area contributed by atoms with Gasteiger partial charge in [0.05, 0.1) is 11.6 Å². The number of carboxylic acids is 1. The molecule has 0 aromatic heterocycles. The van der Waals surface area contributed by atoms with Gasteiger partial charge >= 0.3 is 5.97 Å². The first-order valence-corrected chi connectivity index (χ1v) is 6.98. The Balaban J connectivity index is 2.85. The zero-order valence-corrected chi connectivity index (χ0v) is 13.2. The van der Waals surface area contributed by atoms with Crippen molar-refractivity contribution in [3.05, 3.63) is 28.2 Å². The van der Waals surface area contributed by atoms with E-state index in [1.54, 1.807) is 7.11 Å². The minimum absolute atomic E-state index is 0.0293. The second-order valence-electron chi connectivity index (χ2n) is 4.84. The number of methoxy groups -OCH3 is 1. The topological polar surface area (TPSA) is 58.6 Å². The van der Waals surface area contributed by atoms with E-state index in [0.29, 0.717) is 0 Å². The van der Waals surface area contributed by atoms with Gasteiger partial charge in [-0.3, -0.25) is 10.1 Å². The zero-order chi connectivity index (χ0) is 14.6. The molecule has 5 heteroatoms. The van der Waals surface area contributed by atoms with Crippen LogP contribution in [-0.4, -0.2) is 24.2 Å². The molecule has 0 amide bonds. The number of nitrogens with one attached hydrogen (secondary N) is 1. The summed E-state index contributed by atoms with van der Waals surface area (Å²) in [7, 11) is 1.61. The van der Waals surface area contributed by atoms with Gasteiger partial charge in [-0.25, -0.2) is 0 Å². The van der Waals surface area contributed by atoms with Crippen molar-refractivity contribution in [2.75, 3.05) is 7.11 Å². The molecule has 1 aromatic rings. The summed E-state index contributed by atoms with van der Waals surface area (Å²) in [4.78, 5) is 11.2. The molecular weight excluding hydrogens is 310 g/mol. The first-order valence-electron chi connectivity index (χ1n) is 6.19. The van der Waals surface area contributed by atoms with Crippen LogP contribution in [0.1, 0.15) is 32.4 Å². The SMILES string of the molecule is COc1ccc(C(C)NC(C(=O)O)C(C)C)cc1Br. The van der Waals surface area contributed by atoms with Crippen LogP contribution in [0.15, 0.2) is 22.7 Å². The van der Waals surface area contributed by atoms with Crippen molar-refractivity contribution >= 4 is 21.9 Å². The Morgan fingerprint density at radius 2 is 2.00 bits per heavy atom. The molecule has 0 saturated heterocycles. The summed E-state index contributed by atoms with van der Waals surface area (Å²) in [6.45, 7) is 5.73. The highest BCUT2D eigenvalue weighted by Crippen LogP contribution is 2.28. The Kier molecular flexibility index (Phi) is 5.82. The van der Waals surface area contributed by atoms with Crippen LogP contribution in [0.2, 0.25) is 0 Å². The molecule has 0 bridgehead atoms. The lowest BCUT2D eigenvalue weighted by atomic mass is 10.0. The fourth-order valence-electron chi connectivity index (χ4n) is 1.87. The third-order valence-electron chi connectivity index (χ3n) is 3.04. The fourth-order valence-corrected chi connectivity index (χ4v) is 2.42. The standard InChI is InChI=1S/C14H20BrNO3/c1-8(2)13(14(17)18)16-9(3)10-5-6-12(19-4)11(15)7-10/h5-9,13,16H,1-4H3,(H,17,18). The monoisotopic (exact) mass is 329 g/mol. The number of carbonyl (C=O) groups is 1. The summed E-state index contributed by atoms with van der Waals surface area (Å²) in [6, 6.07) is 5.13. The summed E-state index contributed by atoms with van der Waals surface area (Å²) in [6.07, 6.45) is 0. The smallest absolute Gasteiger partial charge is 0.320 e. The van der Waals surface area contributed by atoms with Crippen molar-refractivity contribution in [1.29, 1.82) is 0 Å². The third-order valence-corrected chi connectivity index (χ3v) is 3.66. The van der Waals surface area contributed by atoms with E-state index < -0.39 is 12.0 Å². The van der Waals surface area contributed by atoms with Gasteiger partial charge in [-0.05, 0) is 46.5 Å². The van der Waals surface area contributed by atoms with E-state index in [9.17, 15) is 9.90 Å². The molecule has 106 valence electrons. The van der Waals surface area contributed by atoms with Gasteiger partial charge in [-0.15, -0.1) is 0 Å². The van der Waals surface area contributed by atoms with E-state index in [1.165, 1.54) is 0 Å². The normalized spacial score (nSPS) is 14.2. The molecule has 0 spiro atoms. The Morgan fingerprint density at radius 3 is 2.42 bits per heavy atom. The van der Waals surface area contributed by atoms with E-state index in [0.717, 1.165) is 15.8 Å². The maximum absolute atomic E-state index is 11.2. The number of hydrogen-bond acceptors (Lipinski definition) is 3. The number of halogens is 1. The molecule has 0 saturated carbocycles. The molecule has 4 nitrogen and oxygen atoms in total. The average Bonchev–Trinajstić information content (AvgIpc) is 2.34. The number of rotatable bonds is 6. The van der Waals surface area contributed by atoms with Gasteiger partial charge < -0.3 is 9.84 Å². The summed E-state index contributed by atoms with van der Waals surface area (Å²) in [5.74, 6) is -0.0364. The van der Waals surface area contributed by atoms with Crippen LogP contribution in [-0.2, 0) is 4.79 Å². The van der Waals surface area contributed by atoms with Gasteiger partial charge in [0.1, 0.15) is 11.8 Å². The molecule has 0 fully saturated rings. The maximum Gasteiger partial charge on any atom is 0.320 e. The number of carboxylic acid groups (broad SMARTS) is 1. The largest absolute Gasteiger partial charge is 0.496 e. The van der Waals surface area contributed by atoms with Crippen LogP contribution in [0.3, 0.4) is 0 Å². The molecule has 1 rings (SSSR count). The van der Waals surface area contributed by atoms with E-state index in [1.807, 2.05) is 39.0 Å². The molecule has 2 N–H and O–H groups in total. The van der Waals surface area contributed by atoms with Crippen LogP contribution in [0, 0.1) is 5.92 Å². The molecule has 2 atom stereocenters. The number of benzene rings is 1. The Morgan fingerprint density at radius 1 is 1.37 bits per heavy atom. The molecule has 19 heavy (non-hydrogen) atoms. The fraction of sp³-hybridized carbons (Fsp3) is 0.500. The maximum atomic E-state index is 11.2. The van der Waals surface area contributed by atoms with Crippen molar-refractivity contribution in [2.24, 2.45) is 5.92 Å². The second-order valence-corrected chi connectivity index (χ2v) is 5.70. The minimum Gasteiger partial charge on any atom is -0.496 e. The van der Waals surface area contributed by atoms with E-state index in [4.69, 9.17) is 4.74 Å². The van der Waals surface area contributed by atoms with Gasteiger partial charge in [0.25, 0.3) is 0 Å². The molecular formula is C14H20BrNO3. The summed E-state index contributed by atoms with van der Waals surface area (Å²) in [5, 5.41) is 12.3. The lowest BCUT2D eigenvalue weighted by Crippen LogP contribution is -2.42. The van der Waals surface area contributed by atoms with Crippen LogP contribution < -0.4 is 10.1 Å². The molecule has 0 heterocycles. The van der Waals surface area contributed by atoms with Crippen molar-refractivity contribution < 1.29 is 14.6 Å². The van der Waals surface area contributed by atoms with E-state index in [2.05, 4.69) is 21.2 Å². The Hall–Kier alpha value is -1.07. The summed E-state index contributed by atoms with van der Waals surface area (Å²) in [5.41, 5.74) is 1.01. The number of hydrogen-bond donors (Lipinski definition) is 2. The van der Waals surface area contributed by atoms with Crippen molar-refractivity contribution in [1.82, 2.24) is 5.32 Å². The average molecular weight is 330 g/mol. The van der Waals surface area contributed by atoms with Crippen molar-refractivity contribution in [3.8, 4) is 5.75 Å². The van der Waals surface area contributed by atoms with Crippen molar-refractivity contribution in [2.45, 2.75) is 32.9 Å². The zero-order valence-electron chi connectivity index (χ0n) is 11.6. The molecule has 0 radical (unpaired) electrons. The first-order chi connectivity index (χ1) is 8.86. The van der Waals surface area contributed by atoms with E-state index in [-0.39, 0.29) is 12.0 Å². The predicted molar refractivity (Wildman–Crippen MR) is 78.5 cm³/mol. The molecule has 2 unspecified atom stereocenters. The lowest BCUT2D eigenvalue weighted by Gasteiger charge is -2.23. The summed E-state index contributed by atoms with van der Waals surface area (Å²) < 4.78 is 6.03. The lowest BCUT2D eigenvalue weighted by molar-refractivity contribution is -0.140. The Labute approximate surface area is 122 Å². The van der Waals surface area contributed by atoms with Gasteiger partial charge in [0.2, 0.25) is 0 Å². The van der Waals surface area contributed by atoms with Gasteiger partial charge in [-0.1, -0.05) is 19.9 Å². The number of ether oxygens (including phenoxy) is 1. The highest BCUT2D eigenvalue weighted by molar-refractivity contribution is 9.10. The first kappa shape index (κ1) is 16.0. The second kappa shape index (κ2) is 6.91. The van der Waals surface area contributed by atoms with Crippen LogP contribution >= 0.6 is 15.9 Å². The molecule has 1 aromatic carbocycles. The highest BCUT2D eigenvalue weighted by Gasteiger charge is 2.23. The van der Waals surface area contributed by atoms with Crippen molar-refractivity contribution in [3.63, 3.8) is 0 Å². The van der Waals surface area contributed by atoms with Crippen LogP contribution in [0.25, 0.3) is 0 Å². The number of aliphatic carboxylic acids is 1. The summed E-state index contributed by atoms with van der Waals surface area (Å²) >= 11 is 3.43. The highest BCUT2D eigenvalue weighted by atomic mass is 79.9. The van der Waals surface area contributed by atoms with Gasteiger partial charge in [0.15, 0.2) is 0 Å². The Bertz CT molecular complexity index is 448. The molecule has 0 aliphatic heterocycles. The van der Waals surface area contributed by atoms with Crippen LogP contribution in [0.4, 0.5) is 0 Å². The third kappa shape index (κ3) is 4.21.